The van der Waals surface area contributed by atoms with E-state index >= 15 is 0 Å². The van der Waals surface area contributed by atoms with Crippen molar-refractivity contribution in [3.63, 3.8) is 0 Å². The van der Waals surface area contributed by atoms with Crippen LogP contribution < -0.4 is 23.7 Å². The third-order valence-corrected chi connectivity index (χ3v) is 4.10. The van der Waals surface area contributed by atoms with Crippen molar-refractivity contribution in [2.75, 3.05) is 28.4 Å². The van der Waals surface area contributed by atoms with Gasteiger partial charge in [-0.25, -0.2) is 0 Å². The first-order valence-corrected chi connectivity index (χ1v) is 8.10. The number of rotatable bonds is 7. The summed E-state index contributed by atoms with van der Waals surface area (Å²) in [5.41, 5.74) is 2.57. The molecule has 0 bridgehead atoms. The molecule has 0 unspecified atom stereocenters. The number of hydrogen-bond acceptors (Lipinski definition) is 6. The summed E-state index contributed by atoms with van der Waals surface area (Å²) in [6.07, 6.45) is 0.467. The smallest absolute Gasteiger partial charge is 0.308 e. The fourth-order valence-corrected chi connectivity index (χ4v) is 2.96. The number of carbonyl (C=O) groups is 1. The molecule has 0 aromatic heterocycles. The predicted octanol–water partition coefficient (Wildman–Crippen LogP) is 3.55. The van der Waals surface area contributed by atoms with Gasteiger partial charge in [0.05, 0.1) is 28.4 Å². The third-order valence-electron chi connectivity index (χ3n) is 4.10. The van der Waals surface area contributed by atoms with Crippen LogP contribution in [0.5, 0.6) is 28.7 Å². The molecule has 2 rings (SSSR count). The second kappa shape index (κ2) is 8.47. The number of para-hydroxylation sites is 1. The Morgan fingerprint density at radius 3 is 1.92 bits per heavy atom. The quantitative estimate of drug-likeness (QED) is 0.556. The minimum atomic E-state index is -0.369. The zero-order valence-corrected chi connectivity index (χ0v) is 16.0. The number of methoxy groups -OCH3 is 4. The molecule has 0 heterocycles. The van der Waals surface area contributed by atoms with Crippen LogP contribution in [0.3, 0.4) is 0 Å². The van der Waals surface area contributed by atoms with Crippen molar-refractivity contribution in [2.24, 2.45) is 0 Å². The fraction of sp³-hybridized carbons (Fsp3) is 0.350. The van der Waals surface area contributed by atoms with E-state index < -0.39 is 0 Å². The van der Waals surface area contributed by atoms with Crippen LogP contribution in [-0.2, 0) is 11.2 Å². The van der Waals surface area contributed by atoms with Crippen LogP contribution in [0.2, 0.25) is 0 Å². The summed E-state index contributed by atoms with van der Waals surface area (Å²) in [6.45, 7) is 3.30. The average molecular weight is 360 g/mol. The Morgan fingerprint density at radius 2 is 1.38 bits per heavy atom. The summed E-state index contributed by atoms with van der Waals surface area (Å²) >= 11 is 0. The van der Waals surface area contributed by atoms with Gasteiger partial charge in [-0.1, -0.05) is 18.2 Å². The molecule has 0 N–H and O–H groups in total. The lowest BCUT2D eigenvalue weighted by atomic mass is 9.96. The Balaban J connectivity index is 2.65. The second-order valence-electron chi connectivity index (χ2n) is 5.61. The molecule has 6 heteroatoms. The van der Waals surface area contributed by atoms with Crippen molar-refractivity contribution < 1.29 is 28.5 Å². The van der Waals surface area contributed by atoms with E-state index in [1.54, 1.807) is 34.5 Å². The highest BCUT2D eigenvalue weighted by Crippen LogP contribution is 2.50. The summed E-state index contributed by atoms with van der Waals surface area (Å²) in [5.74, 6) is 2.20. The maximum Gasteiger partial charge on any atom is 0.308 e. The number of benzene rings is 2. The van der Waals surface area contributed by atoms with Crippen molar-refractivity contribution in [1.29, 1.82) is 0 Å². The first-order valence-electron chi connectivity index (χ1n) is 8.10. The van der Waals surface area contributed by atoms with Crippen LogP contribution >= 0.6 is 0 Å². The van der Waals surface area contributed by atoms with Gasteiger partial charge in [0.1, 0.15) is 5.75 Å². The summed E-state index contributed by atoms with van der Waals surface area (Å²) in [7, 11) is 6.25. The molecule has 26 heavy (non-hydrogen) atoms. The van der Waals surface area contributed by atoms with Crippen LogP contribution in [-0.4, -0.2) is 34.4 Å². The van der Waals surface area contributed by atoms with Gasteiger partial charge in [0.25, 0.3) is 0 Å². The molecule has 0 saturated carbocycles. The molecule has 6 nitrogen and oxygen atoms in total. The number of esters is 1. The zero-order valence-electron chi connectivity index (χ0n) is 16.0. The van der Waals surface area contributed by atoms with Crippen LogP contribution in [0.4, 0.5) is 0 Å². The lowest BCUT2D eigenvalue weighted by molar-refractivity contribution is -0.131. The van der Waals surface area contributed by atoms with E-state index in [0.717, 1.165) is 16.7 Å². The van der Waals surface area contributed by atoms with Gasteiger partial charge in [0.15, 0.2) is 11.5 Å². The lowest BCUT2D eigenvalue weighted by Crippen LogP contribution is -2.07. The van der Waals surface area contributed by atoms with Gasteiger partial charge in [-0.2, -0.15) is 0 Å². The maximum atomic E-state index is 11.4. The van der Waals surface area contributed by atoms with Gasteiger partial charge in [0, 0.05) is 24.5 Å². The van der Waals surface area contributed by atoms with Crippen molar-refractivity contribution in [3.05, 3.63) is 41.0 Å². The number of hydrogen-bond donors (Lipinski definition) is 0. The van der Waals surface area contributed by atoms with Gasteiger partial charge in [-0.3, -0.25) is 4.79 Å². The van der Waals surface area contributed by atoms with Crippen molar-refractivity contribution in [3.8, 4) is 28.7 Å². The molecular formula is C20H24O6. The molecule has 0 radical (unpaired) electrons. The van der Waals surface area contributed by atoms with E-state index in [2.05, 4.69) is 0 Å². The summed E-state index contributed by atoms with van der Waals surface area (Å²) in [5, 5.41) is 0. The lowest BCUT2D eigenvalue weighted by Gasteiger charge is -2.22. The Kier molecular flexibility index (Phi) is 6.33. The van der Waals surface area contributed by atoms with Gasteiger partial charge in [-0.05, 0) is 18.6 Å². The molecule has 2 aromatic carbocycles. The highest BCUT2D eigenvalue weighted by Gasteiger charge is 2.26. The normalized spacial score (nSPS) is 10.2. The molecule has 0 aliphatic carbocycles. The number of carbonyl (C=O) groups excluding carboxylic acids is 1. The van der Waals surface area contributed by atoms with E-state index in [1.807, 2.05) is 25.1 Å². The molecular weight excluding hydrogens is 336 g/mol. The van der Waals surface area contributed by atoms with E-state index in [1.165, 1.54) is 6.92 Å². The largest absolute Gasteiger partial charge is 0.492 e. The SMILES string of the molecule is COc1c(C)c(Cc2ccccc2OC(C)=O)c(OC)c(OC)c1OC. The Hall–Kier alpha value is -2.89. The Labute approximate surface area is 153 Å². The molecule has 0 aliphatic rings. The molecule has 0 saturated heterocycles. The minimum absolute atomic E-state index is 0.369. The number of ether oxygens (including phenoxy) is 5. The highest BCUT2D eigenvalue weighted by atomic mass is 16.5. The molecule has 2 aromatic rings. The van der Waals surface area contributed by atoms with Gasteiger partial charge in [-0.15, -0.1) is 0 Å². The summed E-state index contributed by atoms with van der Waals surface area (Å²) in [6, 6.07) is 7.38. The molecule has 0 atom stereocenters. The van der Waals surface area contributed by atoms with Crippen LogP contribution in [0, 0.1) is 6.92 Å². The molecule has 140 valence electrons. The first kappa shape index (κ1) is 19.4. The van der Waals surface area contributed by atoms with Crippen LogP contribution in [0.15, 0.2) is 24.3 Å². The average Bonchev–Trinajstić information content (AvgIpc) is 2.63. The monoisotopic (exact) mass is 360 g/mol. The van der Waals surface area contributed by atoms with Crippen LogP contribution in [0.25, 0.3) is 0 Å². The maximum absolute atomic E-state index is 11.4. The first-order chi connectivity index (χ1) is 12.5. The van der Waals surface area contributed by atoms with Gasteiger partial charge >= 0.3 is 5.97 Å². The van der Waals surface area contributed by atoms with Crippen molar-refractivity contribution in [1.82, 2.24) is 0 Å². The van der Waals surface area contributed by atoms with Crippen molar-refractivity contribution >= 4 is 5.97 Å². The third kappa shape index (κ3) is 3.69. The Morgan fingerprint density at radius 1 is 0.846 bits per heavy atom. The second-order valence-corrected chi connectivity index (χ2v) is 5.61. The predicted molar refractivity (Wildman–Crippen MR) is 97.9 cm³/mol. The van der Waals surface area contributed by atoms with E-state index in [0.29, 0.717) is 35.2 Å². The standard InChI is InChI=1S/C20H24O6/c1-12-15(11-14-9-7-8-10-16(14)26-13(2)21)18(23-4)20(25-6)19(24-5)17(12)22-3/h7-10H,11H2,1-6H3. The molecule has 0 aliphatic heterocycles. The summed E-state index contributed by atoms with van der Waals surface area (Å²) < 4.78 is 27.5. The van der Waals surface area contributed by atoms with Crippen LogP contribution in [0.1, 0.15) is 23.6 Å². The van der Waals surface area contributed by atoms with Gasteiger partial charge in [0.2, 0.25) is 11.5 Å². The van der Waals surface area contributed by atoms with E-state index in [4.69, 9.17) is 23.7 Å². The van der Waals surface area contributed by atoms with Gasteiger partial charge < -0.3 is 23.7 Å². The minimum Gasteiger partial charge on any atom is -0.492 e. The molecule has 0 fully saturated rings. The van der Waals surface area contributed by atoms with Crippen molar-refractivity contribution in [2.45, 2.75) is 20.3 Å². The zero-order chi connectivity index (χ0) is 19.3. The molecule has 0 amide bonds. The summed E-state index contributed by atoms with van der Waals surface area (Å²) in [4.78, 5) is 11.4. The van der Waals surface area contributed by atoms with E-state index in [-0.39, 0.29) is 5.97 Å². The fourth-order valence-electron chi connectivity index (χ4n) is 2.96. The topological polar surface area (TPSA) is 63.2 Å². The highest BCUT2D eigenvalue weighted by molar-refractivity contribution is 5.71. The molecule has 0 spiro atoms. The Bertz CT molecular complexity index is 797. The van der Waals surface area contributed by atoms with E-state index in [9.17, 15) is 4.79 Å².